The van der Waals surface area contributed by atoms with Gasteiger partial charge in [-0.1, -0.05) is 19.1 Å². The third-order valence-corrected chi connectivity index (χ3v) is 6.16. The van der Waals surface area contributed by atoms with E-state index in [-0.39, 0.29) is 28.9 Å². The molecule has 0 aliphatic carbocycles. The van der Waals surface area contributed by atoms with Gasteiger partial charge in [-0.25, -0.2) is 13.2 Å². The SMILES string of the molecule is CC[C@H](C)N(C(=O)COC(=O)c1ccccc1O)[C@H]1CCS(=O)(=O)C1. The van der Waals surface area contributed by atoms with Crippen LogP contribution in [0.2, 0.25) is 0 Å². The molecular formula is C17H23NO6S. The smallest absolute Gasteiger partial charge is 0.342 e. The van der Waals surface area contributed by atoms with Crippen molar-refractivity contribution < 1.29 is 27.9 Å². The highest BCUT2D eigenvalue weighted by Crippen LogP contribution is 2.22. The third-order valence-electron chi connectivity index (χ3n) is 4.41. The van der Waals surface area contributed by atoms with Gasteiger partial charge in [-0.05, 0) is 31.9 Å². The lowest BCUT2D eigenvalue weighted by molar-refractivity contribution is -0.138. The van der Waals surface area contributed by atoms with Gasteiger partial charge in [0.2, 0.25) is 0 Å². The Labute approximate surface area is 147 Å². The van der Waals surface area contributed by atoms with Crippen molar-refractivity contribution in [2.24, 2.45) is 0 Å². The number of esters is 1. The molecule has 1 heterocycles. The van der Waals surface area contributed by atoms with E-state index in [9.17, 15) is 23.1 Å². The highest BCUT2D eigenvalue weighted by atomic mass is 32.2. The number of rotatable bonds is 6. The molecule has 1 N–H and O–H groups in total. The zero-order valence-electron chi connectivity index (χ0n) is 14.3. The number of carbonyl (C=O) groups excluding carboxylic acids is 2. The predicted octanol–water partition coefficient (Wildman–Crippen LogP) is 1.36. The fourth-order valence-corrected chi connectivity index (χ4v) is 4.64. The highest BCUT2D eigenvalue weighted by Gasteiger charge is 2.36. The molecule has 1 aromatic carbocycles. The van der Waals surface area contributed by atoms with Crippen molar-refractivity contribution in [2.45, 2.75) is 38.8 Å². The second kappa shape index (κ2) is 7.86. The molecule has 0 unspecified atom stereocenters. The van der Waals surface area contributed by atoms with E-state index in [2.05, 4.69) is 0 Å². The molecule has 0 radical (unpaired) electrons. The summed E-state index contributed by atoms with van der Waals surface area (Å²) in [6, 6.07) is 5.35. The van der Waals surface area contributed by atoms with E-state index >= 15 is 0 Å². The number of benzene rings is 1. The molecular weight excluding hydrogens is 346 g/mol. The summed E-state index contributed by atoms with van der Waals surface area (Å²) in [4.78, 5) is 26.1. The normalized spacial score (nSPS) is 20.0. The van der Waals surface area contributed by atoms with Gasteiger partial charge in [0.15, 0.2) is 16.4 Å². The van der Waals surface area contributed by atoms with Crippen LogP contribution in [0.1, 0.15) is 37.0 Å². The number of para-hydroxylation sites is 1. The van der Waals surface area contributed by atoms with Crippen LogP contribution >= 0.6 is 0 Å². The lowest BCUT2D eigenvalue weighted by Gasteiger charge is -2.33. The molecule has 2 rings (SSSR count). The maximum Gasteiger partial charge on any atom is 0.342 e. The molecule has 1 aliphatic rings. The molecule has 0 aromatic heterocycles. The minimum Gasteiger partial charge on any atom is -0.507 e. The largest absolute Gasteiger partial charge is 0.507 e. The fraction of sp³-hybridized carbons (Fsp3) is 0.529. The maximum absolute atomic E-state index is 12.6. The van der Waals surface area contributed by atoms with Crippen LogP contribution in [-0.2, 0) is 19.4 Å². The van der Waals surface area contributed by atoms with E-state index in [1.54, 1.807) is 12.1 Å². The topological polar surface area (TPSA) is 101 Å². The van der Waals surface area contributed by atoms with Crippen LogP contribution in [0.3, 0.4) is 0 Å². The van der Waals surface area contributed by atoms with Crippen molar-refractivity contribution in [3.63, 3.8) is 0 Å². The summed E-state index contributed by atoms with van der Waals surface area (Å²) in [7, 11) is -3.13. The van der Waals surface area contributed by atoms with Gasteiger partial charge in [0.1, 0.15) is 11.3 Å². The number of nitrogens with zero attached hydrogens (tertiary/aromatic N) is 1. The molecule has 25 heavy (non-hydrogen) atoms. The first-order chi connectivity index (χ1) is 11.7. The minimum atomic E-state index is -3.13. The van der Waals surface area contributed by atoms with Gasteiger partial charge in [-0.15, -0.1) is 0 Å². The van der Waals surface area contributed by atoms with Gasteiger partial charge in [-0.2, -0.15) is 0 Å². The molecule has 1 saturated heterocycles. The van der Waals surface area contributed by atoms with E-state index in [1.807, 2.05) is 13.8 Å². The third kappa shape index (κ3) is 4.72. The zero-order chi connectivity index (χ0) is 18.6. The van der Waals surface area contributed by atoms with Crippen molar-refractivity contribution in [1.29, 1.82) is 0 Å². The van der Waals surface area contributed by atoms with Gasteiger partial charge < -0.3 is 14.7 Å². The monoisotopic (exact) mass is 369 g/mol. The Morgan fingerprint density at radius 2 is 2.04 bits per heavy atom. The van der Waals surface area contributed by atoms with Crippen LogP contribution in [0.5, 0.6) is 5.75 Å². The van der Waals surface area contributed by atoms with Crippen LogP contribution in [0.25, 0.3) is 0 Å². The molecule has 1 aliphatic heterocycles. The van der Waals surface area contributed by atoms with E-state index in [4.69, 9.17) is 4.74 Å². The molecule has 0 bridgehead atoms. The number of ether oxygens (including phenoxy) is 1. The summed E-state index contributed by atoms with van der Waals surface area (Å²) in [6.45, 7) is 3.25. The molecule has 7 nitrogen and oxygen atoms in total. The Morgan fingerprint density at radius 1 is 1.36 bits per heavy atom. The number of aromatic hydroxyl groups is 1. The average molecular weight is 369 g/mol. The number of carbonyl (C=O) groups is 2. The van der Waals surface area contributed by atoms with Crippen molar-refractivity contribution >= 4 is 21.7 Å². The Morgan fingerprint density at radius 3 is 2.60 bits per heavy atom. The number of hydrogen-bond donors (Lipinski definition) is 1. The zero-order valence-corrected chi connectivity index (χ0v) is 15.2. The Kier molecular flexibility index (Phi) is 6.05. The van der Waals surface area contributed by atoms with E-state index in [1.165, 1.54) is 17.0 Å². The summed E-state index contributed by atoms with van der Waals surface area (Å²) in [5, 5.41) is 9.65. The van der Waals surface area contributed by atoms with Crippen LogP contribution in [0.4, 0.5) is 0 Å². The van der Waals surface area contributed by atoms with Crippen LogP contribution in [0.15, 0.2) is 24.3 Å². The average Bonchev–Trinajstić information content (AvgIpc) is 2.92. The number of phenols is 1. The molecule has 0 saturated carbocycles. The minimum absolute atomic E-state index is 0.0196. The van der Waals surface area contributed by atoms with Crippen LogP contribution < -0.4 is 0 Å². The second-order valence-electron chi connectivity index (χ2n) is 6.21. The molecule has 0 spiro atoms. The number of sulfone groups is 1. The van der Waals surface area contributed by atoms with Gasteiger partial charge in [-0.3, -0.25) is 4.79 Å². The molecule has 1 aromatic rings. The van der Waals surface area contributed by atoms with Gasteiger partial charge >= 0.3 is 5.97 Å². The first kappa shape index (κ1) is 19.2. The second-order valence-corrected chi connectivity index (χ2v) is 8.44. The summed E-state index contributed by atoms with van der Waals surface area (Å²) in [5.74, 6) is -1.44. The molecule has 1 amide bonds. The highest BCUT2D eigenvalue weighted by molar-refractivity contribution is 7.91. The van der Waals surface area contributed by atoms with Crippen molar-refractivity contribution in [3.05, 3.63) is 29.8 Å². The fourth-order valence-electron chi connectivity index (χ4n) is 2.93. The van der Waals surface area contributed by atoms with E-state index in [0.717, 1.165) is 0 Å². The number of amides is 1. The molecule has 2 atom stereocenters. The van der Waals surface area contributed by atoms with E-state index < -0.39 is 34.4 Å². The summed E-state index contributed by atoms with van der Waals surface area (Å²) in [6.07, 6.45) is 1.06. The van der Waals surface area contributed by atoms with Crippen molar-refractivity contribution in [3.8, 4) is 5.75 Å². The molecule has 138 valence electrons. The van der Waals surface area contributed by atoms with Crippen LogP contribution in [-0.4, -0.2) is 60.5 Å². The van der Waals surface area contributed by atoms with Gasteiger partial charge in [0.25, 0.3) is 5.91 Å². The number of phenolic OH excluding ortho intramolecular Hbond substituents is 1. The summed E-state index contributed by atoms with van der Waals surface area (Å²) >= 11 is 0. The maximum atomic E-state index is 12.6. The summed E-state index contributed by atoms with van der Waals surface area (Å²) < 4.78 is 28.5. The van der Waals surface area contributed by atoms with Crippen molar-refractivity contribution in [2.75, 3.05) is 18.1 Å². The summed E-state index contributed by atoms with van der Waals surface area (Å²) in [5.41, 5.74) is -0.0196. The van der Waals surface area contributed by atoms with Gasteiger partial charge in [0, 0.05) is 12.1 Å². The first-order valence-corrected chi connectivity index (χ1v) is 10.0. The molecule has 1 fully saturated rings. The Bertz CT molecular complexity index is 745. The first-order valence-electron chi connectivity index (χ1n) is 8.22. The lowest BCUT2D eigenvalue weighted by atomic mass is 10.1. The number of hydrogen-bond acceptors (Lipinski definition) is 6. The Hall–Kier alpha value is -2.09. The predicted molar refractivity (Wildman–Crippen MR) is 92.0 cm³/mol. The molecule has 8 heteroatoms. The van der Waals surface area contributed by atoms with E-state index in [0.29, 0.717) is 12.8 Å². The quantitative estimate of drug-likeness (QED) is 0.760. The lowest BCUT2D eigenvalue weighted by Crippen LogP contribution is -2.48. The van der Waals surface area contributed by atoms with Crippen LogP contribution in [0, 0.1) is 0 Å². The van der Waals surface area contributed by atoms with Gasteiger partial charge in [0.05, 0.1) is 11.5 Å². The standard InChI is InChI=1S/C17H23NO6S/c1-3-12(2)18(13-8-9-25(22,23)11-13)16(20)10-24-17(21)14-6-4-5-7-15(14)19/h4-7,12-13,19H,3,8-11H2,1-2H3/t12-,13-/m0/s1. The van der Waals surface area contributed by atoms with Crippen molar-refractivity contribution in [1.82, 2.24) is 4.90 Å². The Balaban J connectivity index is 2.05.